The molecule has 4 rings (SSSR count). The Labute approximate surface area is 160 Å². The highest BCUT2D eigenvalue weighted by atomic mass is 19.1. The Morgan fingerprint density at radius 1 is 1.00 bits per heavy atom. The van der Waals surface area contributed by atoms with Gasteiger partial charge in [-0.2, -0.15) is 5.10 Å². The summed E-state index contributed by atoms with van der Waals surface area (Å²) >= 11 is 0. The van der Waals surface area contributed by atoms with Gasteiger partial charge < -0.3 is 10.8 Å². The van der Waals surface area contributed by atoms with E-state index in [1.807, 2.05) is 30.3 Å². The molecule has 142 valence electrons. The van der Waals surface area contributed by atoms with E-state index in [4.69, 9.17) is 5.73 Å². The lowest BCUT2D eigenvalue weighted by Crippen LogP contribution is -2.30. The highest BCUT2D eigenvalue weighted by molar-refractivity contribution is 5.81. The molecule has 0 fully saturated rings. The Morgan fingerprint density at radius 3 is 2.39 bits per heavy atom. The van der Waals surface area contributed by atoms with Crippen LogP contribution in [-0.2, 0) is 12.1 Å². The largest absolute Gasteiger partial charge is 0.378 e. The standard InChI is InChI=1S/C22H19F2N3O/c23-14-22(28,18-7-6-15(12-25)20(24)11-18)17-8-9-21-16(10-17)13-26-27(21)19-4-2-1-3-5-19/h1-11,13,28H,12,14,25H2. The Bertz CT molecular complexity index is 1130. The number of hydrogen-bond donors (Lipinski definition) is 2. The summed E-state index contributed by atoms with van der Waals surface area (Å²) in [5.74, 6) is -0.565. The lowest BCUT2D eigenvalue weighted by atomic mass is 9.86. The van der Waals surface area contributed by atoms with Gasteiger partial charge in [-0.15, -0.1) is 0 Å². The molecule has 0 aliphatic carbocycles. The summed E-state index contributed by atoms with van der Waals surface area (Å²) in [6.07, 6.45) is 1.66. The van der Waals surface area contributed by atoms with Crippen molar-refractivity contribution in [3.63, 3.8) is 0 Å². The number of rotatable bonds is 5. The van der Waals surface area contributed by atoms with Crippen molar-refractivity contribution in [3.8, 4) is 5.69 Å². The highest BCUT2D eigenvalue weighted by Crippen LogP contribution is 2.33. The molecule has 0 saturated heterocycles. The van der Waals surface area contributed by atoms with E-state index in [1.54, 1.807) is 29.1 Å². The van der Waals surface area contributed by atoms with E-state index >= 15 is 0 Å². The molecule has 4 aromatic rings. The van der Waals surface area contributed by atoms with Crippen molar-refractivity contribution in [1.82, 2.24) is 9.78 Å². The van der Waals surface area contributed by atoms with Crippen LogP contribution in [0, 0.1) is 5.82 Å². The zero-order valence-electron chi connectivity index (χ0n) is 15.0. The van der Waals surface area contributed by atoms with Crippen LogP contribution < -0.4 is 5.73 Å². The molecule has 0 aliphatic rings. The molecule has 3 N–H and O–H groups in total. The van der Waals surface area contributed by atoms with Crippen molar-refractivity contribution in [2.75, 3.05) is 6.67 Å². The maximum absolute atomic E-state index is 14.1. The molecule has 1 aromatic heterocycles. The minimum absolute atomic E-state index is 0.0325. The van der Waals surface area contributed by atoms with Gasteiger partial charge in [0.2, 0.25) is 0 Å². The Kier molecular flexibility index (Phi) is 4.66. The van der Waals surface area contributed by atoms with Gasteiger partial charge in [-0.3, -0.25) is 0 Å². The monoisotopic (exact) mass is 379 g/mol. The molecule has 0 amide bonds. The summed E-state index contributed by atoms with van der Waals surface area (Å²) in [6, 6.07) is 18.8. The highest BCUT2D eigenvalue weighted by Gasteiger charge is 2.33. The molecule has 0 aliphatic heterocycles. The number of para-hydroxylation sites is 1. The molecule has 4 nitrogen and oxygen atoms in total. The van der Waals surface area contributed by atoms with Gasteiger partial charge in [-0.1, -0.05) is 36.4 Å². The van der Waals surface area contributed by atoms with Crippen molar-refractivity contribution in [1.29, 1.82) is 0 Å². The predicted molar refractivity (Wildman–Crippen MR) is 104 cm³/mol. The lowest BCUT2D eigenvalue weighted by Gasteiger charge is -2.26. The first-order valence-electron chi connectivity index (χ1n) is 8.88. The van der Waals surface area contributed by atoms with Crippen molar-refractivity contribution < 1.29 is 13.9 Å². The fourth-order valence-corrected chi connectivity index (χ4v) is 3.36. The van der Waals surface area contributed by atoms with E-state index in [0.29, 0.717) is 11.1 Å². The second kappa shape index (κ2) is 7.14. The van der Waals surface area contributed by atoms with Gasteiger partial charge in [-0.05, 0) is 41.5 Å². The topological polar surface area (TPSA) is 64.1 Å². The Morgan fingerprint density at radius 2 is 1.71 bits per heavy atom. The first kappa shape index (κ1) is 18.3. The maximum Gasteiger partial charge on any atom is 0.143 e. The van der Waals surface area contributed by atoms with E-state index < -0.39 is 18.1 Å². The molecular formula is C22H19F2N3O. The third-order valence-corrected chi connectivity index (χ3v) is 4.99. The van der Waals surface area contributed by atoms with E-state index in [2.05, 4.69) is 5.10 Å². The van der Waals surface area contributed by atoms with Gasteiger partial charge in [0.05, 0.1) is 17.4 Å². The van der Waals surface area contributed by atoms with Gasteiger partial charge in [0.15, 0.2) is 0 Å². The lowest BCUT2D eigenvalue weighted by molar-refractivity contribution is 0.0516. The molecule has 1 heterocycles. The SMILES string of the molecule is NCc1ccc(C(O)(CF)c2ccc3c(cnn3-c3ccccc3)c2)cc1F. The van der Waals surface area contributed by atoms with Gasteiger partial charge in [0.1, 0.15) is 18.1 Å². The number of nitrogens with two attached hydrogens (primary N) is 1. The van der Waals surface area contributed by atoms with Crippen molar-refractivity contribution in [2.45, 2.75) is 12.1 Å². The molecule has 0 radical (unpaired) electrons. The number of benzene rings is 3. The van der Waals surface area contributed by atoms with Crippen LogP contribution in [0.15, 0.2) is 72.9 Å². The molecule has 3 aromatic carbocycles. The number of alkyl halides is 1. The van der Waals surface area contributed by atoms with Crippen molar-refractivity contribution >= 4 is 10.9 Å². The van der Waals surface area contributed by atoms with Crippen molar-refractivity contribution in [2.24, 2.45) is 5.73 Å². The van der Waals surface area contributed by atoms with Crippen LogP contribution in [0.25, 0.3) is 16.6 Å². The number of halogens is 2. The fraction of sp³-hybridized carbons (Fsp3) is 0.136. The molecule has 6 heteroatoms. The van der Waals surface area contributed by atoms with Crippen LogP contribution in [0.2, 0.25) is 0 Å². The van der Waals surface area contributed by atoms with Crippen LogP contribution in [0.4, 0.5) is 8.78 Å². The van der Waals surface area contributed by atoms with Crippen LogP contribution in [0.1, 0.15) is 16.7 Å². The second-order valence-corrected chi connectivity index (χ2v) is 6.67. The van der Waals surface area contributed by atoms with E-state index in [1.165, 1.54) is 12.1 Å². The van der Waals surface area contributed by atoms with Crippen molar-refractivity contribution in [3.05, 3.63) is 95.4 Å². The number of aliphatic hydroxyl groups is 1. The minimum Gasteiger partial charge on any atom is -0.378 e. The van der Waals surface area contributed by atoms with E-state index in [9.17, 15) is 13.9 Å². The second-order valence-electron chi connectivity index (χ2n) is 6.67. The summed E-state index contributed by atoms with van der Waals surface area (Å²) in [4.78, 5) is 0. The first-order valence-corrected chi connectivity index (χ1v) is 8.88. The maximum atomic E-state index is 14.1. The summed E-state index contributed by atoms with van der Waals surface area (Å²) in [5, 5.41) is 16.2. The van der Waals surface area contributed by atoms with Gasteiger partial charge >= 0.3 is 0 Å². The zero-order valence-corrected chi connectivity index (χ0v) is 15.0. The first-order chi connectivity index (χ1) is 13.6. The molecule has 1 atom stereocenters. The predicted octanol–water partition coefficient (Wildman–Crippen LogP) is 3.83. The van der Waals surface area contributed by atoms with E-state index in [0.717, 1.165) is 22.7 Å². The number of hydrogen-bond acceptors (Lipinski definition) is 3. The molecule has 0 bridgehead atoms. The minimum atomic E-state index is -1.96. The third-order valence-electron chi connectivity index (χ3n) is 4.99. The van der Waals surface area contributed by atoms with Crippen LogP contribution in [0.5, 0.6) is 0 Å². The molecule has 1 unspecified atom stereocenters. The van der Waals surface area contributed by atoms with Gasteiger partial charge in [-0.25, -0.2) is 13.5 Å². The van der Waals surface area contributed by atoms with E-state index in [-0.39, 0.29) is 12.1 Å². The van der Waals surface area contributed by atoms with Gasteiger partial charge in [0, 0.05) is 17.5 Å². The van der Waals surface area contributed by atoms with Crippen LogP contribution in [0.3, 0.4) is 0 Å². The molecular weight excluding hydrogens is 360 g/mol. The third kappa shape index (κ3) is 2.96. The summed E-state index contributed by atoms with van der Waals surface area (Å²) in [6.45, 7) is -1.06. The fourth-order valence-electron chi connectivity index (χ4n) is 3.36. The average Bonchev–Trinajstić information content (AvgIpc) is 3.17. The quantitative estimate of drug-likeness (QED) is 0.554. The average molecular weight is 379 g/mol. The Hall–Kier alpha value is -3.09. The number of fused-ring (bicyclic) bond motifs is 1. The van der Waals surface area contributed by atoms with Crippen LogP contribution in [-0.4, -0.2) is 21.6 Å². The zero-order chi connectivity index (χ0) is 19.7. The number of aromatic nitrogens is 2. The molecule has 0 spiro atoms. The smallest absolute Gasteiger partial charge is 0.143 e. The van der Waals surface area contributed by atoms with Gasteiger partial charge in [0.25, 0.3) is 0 Å². The summed E-state index contributed by atoms with van der Waals surface area (Å²) in [5.41, 5.74) is 6.01. The normalized spacial score (nSPS) is 13.6. The van der Waals surface area contributed by atoms with Crippen LogP contribution >= 0.6 is 0 Å². The summed E-state index contributed by atoms with van der Waals surface area (Å²) in [7, 11) is 0. The summed E-state index contributed by atoms with van der Waals surface area (Å²) < 4.78 is 29.9. The number of nitrogens with zero attached hydrogens (tertiary/aromatic N) is 2. The Balaban J connectivity index is 1.80. The molecule has 0 saturated carbocycles. The molecule has 28 heavy (non-hydrogen) atoms.